The molecule has 0 aromatic heterocycles. The lowest BCUT2D eigenvalue weighted by molar-refractivity contribution is 0.469. The molecule has 5 nitrogen and oxygen atoms in total. The van der Waals surface area contributed by atoms with E-state index in [4.69, 9.17) is 16.7 Å². The van der Waals surface area contributed by atoms with Gasteiger partial charge in [-0.25, -0.2) is 13.6 Å². The first kappa shape index (κ1) is 15.6. The van der Waals surface area contributed by atoms with Gasteiger partial charge >= 0.3 is 0 Å². The predicted molar refractivity (Wildman–Crippen MR) is 83.0 cm³/mol. The number of hydrogen-bond acceptors (Lipinski definition) is 4. The van der Waals surface area contributed by atoms with E-state index in [1.165, 1.54) is 12.1 Å². The van der Waals surface area contributed by atoms with Crippen molar-refractivity contribution in [1.29, 1.82) is 0 Å². The molecule has 0 saturated carbocycles. The molecule has 4 N–H and O–H groups in total. The molecule has 112 valence electrons. The molecule has 0 heterocycles. The third kappa shape index (κ3) is 3.87. The van der Waals surface area contributed by atoms with Gasteiger partial charge < -0.3 is 10.4 Å². The molecule has 0 aliphatic rings. The number of phenolic OH excluding ortho intramolecular Hbond substituents is 1. The Hall–Kier alpha value is -1.76. The van der Waals surface area contributed by atoms with Crippen LogP contribution in [0.3, 0.4) is 0 Å². The van der Waals surface area contributed by atoms with Gasteiger partial charge in [-0.1, -0.05) is 17.7 Å². The van der Waals surface area contributed by atoms with Crippen LogP contribution in [0.2, 0.25) is 5.02 Å². The smallest absolute Gasteiger partial charge is 0.238 e. The number of primary sulfonamides is 1. The number of phenols is 1. The van der Waals surface area contributed by atoms with Gasteiger partial charge in [0, 0.05) is 22.8 Å². The maximum absolute atomic E-state index is 11.5. The normalized spacial score (nSPS) is 11.4. The number of halogens is 1. The lowest BCUT2D eigenvalue weighted by Crippen LogP contribution is -2.14. The number of rotatable bonds is 4. The molecule has 0 amide bonds. The van der Waals surface area contributed by atoms with Gasteiger partial charge in [-0.3, -0.25) is 0 Å². The Bertz CT molecular complexity index is 776. The van der Waals surface area contributed by atoms with Crippen LogP contribution >= 0.6 is 11.6 Å². The van der Waals surface area contributed by atoms with E-state index in [2.05, 4.69) is 5.32 Å². The SMILES string of the molecule is Cc1ccc(NCc2cc(Cl)ccc2O)cc1S(N)(=O)=O. The van der Waals surface area contributed by atoms with E-state index < -0.39 is 10.0 Å². The van der Waals surface area contributed by atoms with Crippen molar-refractivity contribution in [1.82, 2.24) is 0 Å². The van der Waals surface area contributed by atoms with Crippen molar-refractivity contribution in [3.05, 3.63) is 52.5 Å². The lowest BCUT2D eigenvalue weighted by atomic mass is 10.2. The van der Waals surface area contributed by atoms with E-state index in [0.717, 1.165) is 0 Å². The Kier molecular flexibility index (Phi) is 4.41. The Morgan fingerprint density at radius 1 is 1.24 bits per heavy atom. The Balaban J connectivity index is 2.23. The second-order valence-electron chi connectivity index (χ2n) is 4.65. The van der Waals surface area contributed by atoms with Crippen LogP contribution in [0.25, 0.3) is 0 Å². The van der Waals surface area contributed by atoms with Crippen LogP contribution < -0.4 is 10.5 Å². The first-order valence-electron chi connectivity index (χ1n) is 6.12. The van der Waals surface area contributed by atoms with E-state index in [9.17, 15) is 13.5 Å². The largest absolute Gasteiger partial charge is 0.508 e. The fraction of sp³-hybridized carbons (Fsp3) is 0.143. The zero-order valence-corrected chi connectivity index (χ0v) is 12.9. The number of aromatic hydroxyl groups is 1. The summed E-state index contributed by atoms with van der Waals surface area (Å²) in [7, 11) is -3.76. The minimum absolute atomic E-state index is 0.0721. The van der Waals surface area contributed by atoms with E-state index >= 15 is 0 Å². The third-order valence-corrected chi connectivity index (χ3v) is 4.31. The molecule has 2 rings (SSSR count). The standard InChI is InChI=1S/C14H15ClN2O3S/c1-9-2-4-12(7-14(9)21(16,19)20)17-8-10-6-11(15)3-5-13(10)18/h2-7,17-18H,8H2,1H3,(H2,16,19,20). The van der Waals surface area contributed by atoms with Gasteiger partial charge in [-0.2, -0.15) is 0 Å². The van der Waals surface area contributed by atoms with Gasteiger partial charge in [0.2, 0.25) is 10.0 Å². The van der Waals surface area contributed by atoms with Crippen molar-refractivity contribution in [2.24, 2.45) is 5.14 Å². The van der Waals surface area contributed by atoms with Crippen LogP contribution in [0.4, 0.5) is 5.69 Å². The molecular formula is C14H15ClN2O3S. The summed E-state index contributed by atoms with van der Waals surface area (Å²) in [5.41, 5.74) is 1.78. The predicted octanol–water partition coefficient (Wildman–Crippen LogP) is 2.61. The Morgan fingerprint density at radius 2 is 1.95 bits per heavy atom. The first-order valence-corrected chi connectivity index (χ1v) is 8.04. The van der Waals surface area contributed by atoms with E-state index in [1.807, 2.05) is 0 Å². The van der Waals surface area contributed by atoms with Crippen LogP contribution in [-0.2, 0) is 16.6 Å². The summed E-state index contributed by atoms with van der Waals surface area (Å²) in [5.74, 6) is 0.116. The Labute approximate surface area is 128 Å². The zero-order valence-electron chi connectivity index (χ0n) is 11.3. The summed E-state index contributed by atoms with van der Waals surface area (Å²) in [5, 5.41) is 18.4. The first-order chi connectivity index (χ1) is 9.77. The number of hydrogen-bond donors (Lipinski definition) is 3. The lowest BCUT2D eigenvalue weighted by Gasteiger charge is -2.11. The van der Waals surface area contributed by atoms with E-state index in [1.54, 1.807) is 31.2 Å². The molecule has 0 spiro atoms. The fourth-order valence-electron chi connectivity index (χ4n) is 1.91. The van der Waals surface area contributed by atoms with Crippen molar-refractivity contribution in [2.45, 2.75) is 18.4 Å². The number of nitrogens with one attached hydrogen (secondary N) is 1. The minimum atomic E-state index is -3.76. The number of nitrogens with two attached hydrogens (primary N) is 1. The summed E-state index contributed by atoms with van der Waals surface area (Å²) in [6.45, 7) is 1.98. The monoisotopic (exact) mass is 326 g/mol. The summed E-state index contributed by atoms with van der Waals surface area (Å²) in [6, 6.07) is 9.60. The minimum Gasteiger partial charge on any atom is -0.508 e. The number of anilines is 1. The van der Waals surface area contributed by atoms with Crippen molar-refractivity contribution < 1.29 is 13.5 Å². The highest BCUT2D eigenvalue weighted by Gasteiger charge is 2.12. The van der Waals surface area contributed by atoms with Crippen molar-refractivity contribution in [3.8, 4) is 5.75 Å². The summed E-state index contributed by atoms with van der Waals surface area (Å²) in [4.78, 5) is 0.0721. The molecule has 0 atom stereocenters. The van der Waals surface area contributed by atoms with Gasteiger partial charge in [-0.15, -0.1) is 0 Å². The summed E-state index contributed by atoms with van der Waals surface area (Å²) < 4.78 is 22.9. The molecule has 0 bridgehead atoms. The molecule has 0 unspecified atom stereocenters. The van der Waals surface area contributed by atoms with Crippen molar-refractivity contribution in [3.63, 3.8) is 0 Å². The second kappa shape index (κ2) is 5.93. The molecule has 2 aromatic rings. The van der Waals surface area contributed by atoms with Crippen molar-refractivity contribution in [2.75, 3.05) is 5.32 Å². The van der Waals surface area contributed by atoms with Crippen LogP contribution in [0, 0.1) is 6.92 Å². The third-order valence-electron chi connectivity index (χ3n) is 3.02. The molecular weight excluding hydrogens is 312 g/mol. The molecule has 0 aliphatic heterocycles. The summed E-state index contributed by atoms with van der Waals surface area (Å²) in [6.07, 6.45) is 0. The average molecular weight is 327 g/mol. The molecule has 2 aromatic carbocycles. The highest BCUT2D eigenvalue weighted by Crippen LogP contribution is 2.24. The van der Waals surface area contributed by atoms with Crippen LogP contribution in [0.5, 0.6) is 5.75 Å². The van der Waals surface area contributed by atoms with E-state index in [-0.39, 0.29) is 10.6 Å². The molecule has 0 saturated heterocycles. The van der Waals surface area contributed by atoms with Gasteiger partial charge in [0.1, 0.15) is 5.75 Å². The van der Waals surface area contributed by atoms with Crippen molar-refractivity contribution >= 4 is 27.3 Å². The van der Waals surface area contributed by atoms with Gasteiger partial charge in [0.05, 0.1) is 4.90 Å². The Morgan fingerprint density at radius 3 is 2.62 bits per heavy atom. The number of benzene rings is 2. The van der Waals surface area contributed by atoms with Gasteiger partial charge in [0.25, 0.3) is 0 Å². The molecule has 7 heteroatoms. The van der Waals surface area contributed by atoms with Crippen LogP contribution in [0.1, 0.15) is 11.1 Å². The van der Waals surface area contributed by atoms with Crippen LogP contribution in [-0.4, -0.2) is 13.5 Å². The highest BCUT2D eigenvalue weighted by atomic mass is 35.5. The van der Waals surface area contributed by atoms with Crippen LogP contribution in [0.15, 0.2) is 41.3 Å². The topological polar surface area (TPSA) is 92.4 Å². The summed E-state index contributed by atoms with van der Waals surface area (Å²) >= 11 is 5.87. The fourth-order valence-corrected chi connectivity index (χ4v) is 2.91. The van der Waals surface area contributed by atoms with Gasteiger partial charge in [0.15, 0.2) is 0 Å². The maximum Gasteiger partial charge on any atom is 0.238 e. The quantitative estimate of drug-likeness (QED) is 0.805. The van der Waals surface area contributed by atoms with E-state index in [0.29, 0.717) is 28.4 Å². The molecule has 0 aliphatic carbocycles. The zero-order chi connectivity index (χ0) is 15.6. The maximum atomic E-state index is 11.5. The average Bonchev–Trinajstić information content (AvgIpc) is 2.40. The highest BCUT2D eigenvalue weighted by molar-refractivity contribution is 7.89. The molecule has 0 fully saturated rings. The second-order valence-corrected chi connectivity index (χ2v) is 6.62. The molecule has 0 radical (unpaired) electrons. The van der Waals surface area contributed by atoms with Gasteiger partial charge in [-0.05, 0) is 42.8 Å². The number of sulfonamides is 1. The molecule has 21 heavy (non-hydrogen) atoms. The number of aryl methyl sites for hydroxylation is 1.